The highest BCUT2D eigenvalue weighted by atomic mass is 16.8. The van der Waals surface area contributed by atoms with Crippen LogP contribution in [0.15, 0.2) is 11.1 Å². The summed E-state index contributed by atoms with van der Waals surface area (Å²) in [6.45, 7) is 11.6. The number of aliphatic hydroxyl groups excluding tert-OH is 14. The van der Waals surface area contributed by atoms with Crippen LogP contribution in [-0.4, -0.2) is 269 Å². The summed E-state index contributed by atoms with van der Waals surface area (Å²) in [6.07, 6.45) is -33.5. The lowest BCUT2D eigenvalue weighted by molar-refractivity contribution is -0.404. The van der Waals surface area contributed by atoms with E-state index in [1.807, 2.05) is 13.8 Å². The summed E-state index contributed by atoms with van der Waals surface area (Å²) in [7, 11) is 0. The first-order valence-corrected chi connectivity index (χ1v) is 30.5. The Balaban J connectivity index is 0.797. The lowest BCUT2D eigenvalue weighted by atomic mass is 9.42. The van der Waals surface area contributed by atoms with E-state index in [2.05, 4.69) is 27.7 Å². The van der Waals surface area contributed by atoms with Crippen LogP contribution in [0.3, 0.4) is 0 Å². The van der Waals surface area contributed by atoms with Crippen molar-refractivity contribution in [1.29, 1.82) is 0 Å². The highest BCUT2D eigenvalue weighted by Gasteiger charge is 2.75. The molecule has 0 aromatic heterocycles. The molecule has 7 aliphatic heterocycles. The van der Waals surface area contributed by atoms with Gasteiger partial charge in [-0.25, -0.2) is 0 Å². The van der Waals surface area contributed by atoms with Gasteiger partial charge in [0.2, 0.25) is 5.79 Å². The summed E-state index contributed by atoms with van der Waals surface area (Å²) >= 11 is 0. The molecule has 7 heterocycles. The molecule has 11 rings (SSSR count). The van der Waals surface area contributed by atoms with Crippen molar-refractivity contribution >= 4 is 5.97 Å². The minimum absolute atomic E-state index is 0.0824. The summed E-state index contributed by atoms with van der Waals surface area (Å²) in [6, 6.07) is 0. The van der Waals surface area contributed by atoms with E-state index in [0.29, 0.717) is 25.7 Å². The average Bonchev–Trinajstić information content (AvgIpc) is 1.59. The predicted octanol–water partition coefficient (Wildman–Crippen LogP) is -3.05. The second kappa shape index (κ2) is 23.7. The molecule has 0 amide bonds. The van der Waals surface area contributed by atoms with E-state index in [0.717, 1.165) is 38.5 Å². The van der Waals surface area contributed by atoms with Crippen LogP contribution in [-0.2, 0) is 61.6 Å². The molecule has 27 heteroatoms. The van der Waals surface area contributed by atoms with Crippen molar-refractivity contribution in [2.75, 3.05) is 33.0 Å². The van der Waals surface area contributed by atoms with Gasteiger partial charge in [0, 0.05) is 23.7 Å². The summed E-state index contributed by atoms with van der Waals surface area (Å²) in [5.41, 5.74) is 0.742. The first kappa shape index (κ1) is 64.7. The molecule has 0 bridgehead atoms. The Morgan fingerprint density at radius 2 is 1.18 bits per heavy atom. The van der Waals surface area contributed by atoms with Gasteiger partial charge >= 0.3 is 5.97 Å². The molecule has 14 N–H and O–H groups in total. The molecular weight excluding hydrogens is 1130 g/mol. The fourth-order valence-electron chi connectivity index (χ4n) is 17.6. The topological polar surface area (TPSA) is 411 Å². The third-order valence-corrected chi connectivity index (χ3v) is 22.8. The van der Waals surface area contributed by atoms with E-state index in [1.54, 1.807) is 0 Å². The molecular formula is C58H92O27. The second-order valence-corrected chi connectivity index (χ2v) is 27.5. The number of carbonyl (C=O) groups excluding carboxylic acids is 1. The van der Waals surface area contributed by atoms with Crippen LogP contribution in [0.1, 0.15) is 113 Å². The van der Waals surface area contributed by atoms with Crippen LogP contribution < -0.4 is 0 Å². The van der Waals surface area contributed by atoms with Gasteiger partial charge < -0.3 is 128 Å². The summed E-state index contributed by atoms with van der Waals surface area (Å²) < 4.78 is 73.5. The Hall–Kier alpha value is -1.79. The van der Waals surface area contributed by atoms with Gasteiger partial charge in [0.15, 0.2) is 31.5 Å². The number of fused-ring (bicyclic) bond motifs is 5. The molecule has 0 radical (unpaired) electrons. The number of hydrogen-bond acceptors (Lipinski definition) is 27. The zero-order valence-electron chi connectivity index (χ0n) is 49.3. The Morgan fingerprint density at radius 1 is 0.553 bits per heavy atom. The Kier molecular flexibility index (Phi) is 18.1. The average molecular weight is 1220 g/mol. The third kappa shape index (κ3) is 10.4. The molecule has 85 heavy (non-hydrogen) atoms. The van der Waals surface area contributed by atoms with Gasteiger partial charge in [-0.3, -0.25) is 4.79 Å². The van der Waals surface area contributed by atoms with Crippen molar-refractivity contribution in [1.82, 2.24) is 0 Å². The third-order valence-electron chi connectivity index (χ3n) is 22.8. The Morgan fingerprint density at radius 3 is 1.85 bits per heavy atom. The number of carbonyl (C=O) groups is 1. The molecule has 2 saturated carbocycles. The molecule has 2 spiro atoms. The molecule has 0 aromatic rings. The van der Waals surface area contributed by atoms with Crippen molar-refractivity contribution in [3.05, 3.63) is 11.1 Å². The fraction of sp³-hybridized carbons (Fsp3) is 0.948. The van der Waals surface area contributed by atoms with Crippen molar-refractivity contribution in [2.45, 2.75) is 271 Å². The summed E-state index contributed by atoms with van der Waals surface area (Å²) in [5, 5.41) is 154. The van der Waals surface area contributed by atoms with Crippen LogP contribution >= 0.6 is 0 Å². The summed E-state index contributed by atoms with van der Waals surface area (Å²) in [4.78, 5) is 12.8. The highest BCUT2D eigenvalue weighted by Crippen LogP contribution is 2.76. The molecule has 9 fully saturated rings. The number of rotatable bonds is 13. The number of ether oxygens (including phenoxy) is 12. The molecule has 33 atom stereocenters. The molecule has 0 aromatic carbocycles. The molecule has 4 aliphatic carbocycles. The lowest BCUT2D eigenvalue weighted by Crippen LogP contribution is -2.67. The lowest BCUT2D eigenvalue weighted by Gasteiger charge is -2.63. The van der Waals surface area contributed by atoms with Crippen molar-refractivity contribution in [2.24, 2.45) is 39.4 Å². The standard InChI is InChI=1S/C58H92O27/c1-23-16-57(84-47(23)73)17-24(2)58(85-57)15-14-55(6)27-8-9-32-53(4,26(27)10-13-56(55,58)7)12-11-33(54(32,5)22-60)80-50-43(72)40(69)37(66)31(79-50)21-76-51-45(36(65)29(62)20-75-51)82-52-46(83-49-42(71)39(68)34(63)25(3)77-49)44(38(67)30(18-59)78-52)81-48-41(70)35(64)28(61)19-74-48/h23-25,28-46,48-52,59-72H,8-22H2,1-7H3/t23-,24-,25+,28+,29+,30-,31-,32-,33+,34+,35+,36-,37-,38-,39-,40+,41-,42-,43-,44+,45-,46-,48+,49+,50+,51-,52+,53-,54-,55+,56+,57+,58+/m1/s1. The number of aliphatic hydroxyl groups is 14. The maximum atomic E-state index is 12.8. The monoisotopic (exact) mass is 1220 g/mol. The van der Waals surface area contributed by atoms with E-state index in [9.17, 15) is 76.3 Å². The van der Waals surface area contributed by atoms with Crippen LogP contribution in [0.5, 0.6) is 0 Å². The molecule has 11 aliphatic rings. The van der Waals surface area contributed by atoms with E-state index >= 15 is 0 Å². The van der Waals surface area contributed by atoms with Crippen molar-refractivity contribution in [3.8, 4) is 0 Å². The van der Waals surface area contributed by atoms with E-state index in [-0.39, 0.29) is 46.6 Å². The van der Waals surface area contributed by atoms with E-state index in [1.165, 1.54) is 18.1 Å². The Labute approximate surface area is 492 Å². The minimum Gasteiger partial charge on any atom is -0.433 e. The molecule has 486 valence electrons. The van der Waals surface area contributed by atoms with Crippen molar-refractivity contribution in [3.63, 3.8) is 0 Å². The maximum absolute atomic E-state index is 12.8. The molecule has 27 nitrogen and oxygen atoms in total. The zero-order chi connectivity index (χ0) is 61.4. The molecule has 7 saturated heterocycles. The predicted molar refractivity (Wildman–Crippen MR) is 283 cm³/mol. The zero-order valence-corrected chi connectivity index (χ0v) is 49.3. The quantitative estimate of drug-likeness (QED) is 0.0644. The normalized spacial score (nSPS) is 56.3. The summed E-state index contributed by atoms with van der Waals surface area (Å²) in [5.74, 6) is -1.24. The number of hydrogen-bond donors (Lipinski definition) is 14. The minimum atomic E-state index is -1.97. The number of esters is 1. The maximum Gasteiger partial charge on any atom is 0.311 e. The van der Waals surface area contributed by atoms with E-state index < -0.39 is 191 Å². The van der Waals surface area contributed by atoms with E-state index in [4.69, 9.17) is 56.8 Å². The molecule has 0 unspecified atom stereocenters. The van der Waals surface area contributed by atoms with Gasteiger partial charge in [-0.15, -0.1) is 0 Å². The second-order valence-electron chi connectivity index (χ2n) is 27.5. The van der Waals surface area contributed by atoms with Gasteiger partial charge in [0.25, 0.3) is 0 Å². The Bertz CT molecular complexity index is 2430. The number of allylic oxidation sites excluding steroid dienone is 2. The largest absolute Gasteiger partial charge is 0.433 e. The van der Waals surface area contributed by atoms with Crippen molar-refractivity contribution < 1.29 is 133 Å². The van der Waals surface area contributed by atoms with Gasteiger partial charge in [0.1, 0.15) is 104 Å². The van der Waals surface area contributed by atoms with Gasteiger partial charge in [-0.05, 0) is 81.0 Å². The van der Waals surface area contributed by atoms with Crippen LogP contribution in [0.25, 0.3) is 0 Å². The van der Waals surface area contributed by atoms with Crippen LogP contribution in [0.4, 0.5) is 0 Å². The highest BCUT2D eigenvalue weighted by molar-refractivity contribution is 5.74. The fourth-order valence-corrected chi connectivity index (χ4v) is 17.6. The first-order chi connectivity index (χ1) is 40.0. The van der Waals surface area contributed by atoms with Gasteiger partial charge in [-0.1, -0.05) is 52.7 Å². The smallest absolute Gasteiger partial charge is 0.311 e. The van der Waals surface area contributed by atoms with Gasteiger partial charge in [0.05, 0.1) is 56.8 Å². The van der Waals surface area contributed by atoms with Crippen LogP contribution in [0, 0.1) is 39.4 Å². The first-order valence-electron chi connectivity index (χ1n) is 30.5. The van der Waals surface area contributed by atoms with Crippen LogP contribution in [0.2, 0.25) is 0 Å². The SMILES string of the molecule is C[C@@H]1C[C@]2(C[C@@H](C)[C@]3(CC[C@@]4(C)C5=C(CC[C@@]43C)[C@@]3(C)CC[C@H](O[C@@H]4O[C@H](CO[C@H]6OC[C@H](O)[C@@H](O)[C@H]6O[C@@H]6O[C@H](CO)[C@@H](O)[C@H](O[C@@H]7OC[C@H](O)[C@H](O)[C@H]7O)[C@H]6O[C@@H]6O[C@@H](C)[C@H](O)[C@@H](O)[C@H]6O)[C@@H](O)[C@H](O)[C@H]4O)[C@](C)(CO)[C@@H]3CC5)O2)OC1=O. The van der Waals surface area contributed by atoms with Gasteiger partial charge in [-0.2, -0.15) is 0 Å².